The molecule has 0 radical (unpaired) electrons. The summed E-state index contributed by atoms with van der Waals surface area (Å²) in [7, 11) is 0. The van der Waals surface area contributed by atoms with Gasteiger partial charge in [-0.2, -0.15) is 0 Å². The molecule has 0 amide bonds. The lowest BCUT2D eigenvalue weighted by molar-refractivity contribution is 0.170. The fourth-order valence-electron chi connectivity index (χ4n) is 1.12. The van der Waals surface area contributed by atoms with E-state index in [9.17, 15) is 0 Å². The molecule has 0 unspecified atom stereocenters. The molecular weight excluding hydrogens is 204 g/mol. The van der Waals surface area contributed by atoms with Crippen molar-refractivity contribution in [1.82, 2.24) is 9.97 Å². The molecule has 0 aliphatic rings. The van der Waals surface area contributed by atoms with Crippen LogP contribution in [0.2, 0.25) is 0 Å². The van der Waals surface area contributed by atoms with Crippen molar-refractivity contribution in [2.45, 2.75) is 20.8 Å². The maximum atomic E-state index is 9.13. The van der Waals surface area contributed by atoms with E-state index < -0.39 is 0 Å². The molecule has 0 aliphatic heterocycles. The standard InChI is InChI=1S/C11H20N4O/c1-4-12-9-5-10(15-8-14-9)13-6-11(2,3)7-16/h5,8,16H,4,6-7H2,1-3H3,(H2,12,13,14,15). The Morgan fingerprint density at radius 1 is 1.25 bits per heavy atom. The summed E-state index contributed by atoms with van der Waals surface area (Å²) >= 11 is 0. The molecule has 90 valence electrons. The van der Waals surface area contributed by atoms with Gasteiger partial charge in [0.05, 0.1) is 0 Å². The molecule has 16 heavy (non-hydrogen) atoms. The van der Waals surface area contributed by atoms with E-state index in [4.69, 9.17) is 5.11 Å². The topological polar surface area (TPSA) is 70.1 Å². The van der Waals surface area contributed by atoms with Gasteiger partial charge in [0.15, 0.2) is 0 Å². The summed E-state index contributed by atoms with van der Waals surface area (Å²) in [5.74, 6) is 1.58. The maximum absolute atomic E-state index is 9.13. The number of nitrogens with zero attached hydrogens (tertiary/aromatic N) is 2. The Morgan fingerprint density at radius 3 is 2.44 bits per heavy atom. The predicted molar refractivity (Wildman–Crippen MR) is 65.6 cm³/mol. The third-order valence-corrected chi connectivity index (χ3v) is 2.20. The third kappa shape index (κ3) is 4.02. The molecule has 1 aromatic rings. The van der Waals surface area contributed by atoms with E-state index in [2.05, 4.69) is 20.6 Å². The molecule has 1 aromatic heterocycles. The zero-order chi connectivity index (χ0) is 12.0. The van der Waals surface area contributed by atoms with Crippen molar-refractivity contribution in [3.05, 3.63) is 12.4 Å². The summed E-state index contributed by atoms with van der Waals surface area (Å²) < 4.78 is 0. The summed E-state index contributed by atoms with van der Waals surface area (Å²) in [4.78, 5) is 8.20. The maximum Gasteiger partial charge on any atom is 0.131 e. The highest BCUT2D eigenvalue weighted by atomic mass is 16.3. The lowest BCUT2D eigenvalue weighted by Gasteiger charge is -2.22. The van der Waals surface area contributed by atoms with Gasteiger partial charge in [0.1, 0.15) is 18.0 Å². The largest absolute Gasteiger partial charge is 0.396 e. The molecule has 0 saturated carbocycles. The van der Waals surface area contributed by atoms with Crippen molar-refractivity contribution in [2.24, 2.45) is 5.41 Å². The number of hydrogen-bond donors (Lipinski definition) is 3. The van der Waals surface area contributed by atoms with Crippen LogP contribution in [0.25, 0.3) is 0 Å². The first kappa shape index (κ1) is 12.7. The molecular formula is C11H20N4O. The first-order chi connectivity index (χ1) is 7.57. The van der Waals surface area contributed by atoms with Gasteiger partial charge < -0.3 is 15.7 Å². The van der Waals surface area contributed by atoms with E-state index in [0.29, 0.717) is 6.54 Å². The fraction of sp³-hybridized carbons (Fsp3) is 0.636. The molecule has 0 aliphatic carbocycles. The minimum atomic E-state index is -0.150. The molecule has 3 N–H and O–H groups in total. The molecule has 0 saturated heterocycles. The number of anilines is 2. The smallest absolute Gasteiger partial charge is 0.131 e. The number of rotatable bonds is 6. The van der Waals surface area contributed by atoms with Gasteiger partial charge in [-0.05, 0) is 6.92 Å². The van der Waals surface area contributed by atoms with Gasteiger partial charge in [0.25, 0.3) is 0 Å². The number of hydrogen-bond acceptors (Lipinski definition) is 5. The average molecular weight is 224 g/mol. The predicted octanol–water partition coefficient (Wildman–Crippen LogP) is 1.34. The van der Waals surface area contributed by atoms with Crippen LogP contribution in [0.4, 0.5) is 11.6 Å². The van der Waals surface area contributed by atoms with E-state index in [1.165, 1.54) is 6.33 Å². The zero-order valence-corrected chi connectivity index (χ0v) is 10.1. The summed E-state index contributed by atoms with van der Waals surface area (Å²) in [6.45, 7) is 7.65. The molecule has 0 bridgehead atoms. The summed E-state index contributed by atoms with van der Waals surface area (Å²) in [6, 6.07) is 1.86. The van der Waals surface area contributed by atoms with E-state index in [1.54, 1.807) is 0 Å². The van der Waals surface area contributed by atoms with Gasteiger partial charge in [-0.25, -0.2) is 9.97 Å². The highest BCUT2D eigenvalue weighted by molar-refractivity contribution is 5.46. The van der Waals surface area contributed by atoms with Crippen molar-refractivity contribution in [3.63, 3.8) is 0 Å². The van der Waals surface area contributed by atoms with Crippen LogP contribution in [0, 0.1) is 5.41 Å². The second-order valence-electron chi connectivity index (χ2n) is 4.49. The number of aliphatic hydroxyl groups is 1. The fourth-order valence-corrected chi connectivity index (χ4v) is 1.12. The molecule has 0 fully saturated rings. The Kier molecular flexibility index (Phi) is 4.49. The van der Waals surface area contributed by atoms with Crippen molar-refractivity contribution >= 4 is 11.6 Å². The number of nitrogens with one attached hydrogen (secondary N) is 2. The van der Waals surface area contributed by atoms with E-state index in [1.807, 2.05) is 26.8 Å². The van der Waals surface area contributed by atoms with Crippen LogP contribution in [0.5, 0.6) is 0 Å². The lowest BCUT2D eigenvalue weighted by Crippen LogP contribution is -2.27. The molecule has 5 nitrogen and oxygen atoms in total. The van der Waals surface area contributed by atoms with Gasteiger partial charge >= 0.3 is 0 Å². The van der Waals surface area contributed by atoms with Crippen LogP contribution in [-0.2, 0) is 0 Å². The SMILES string of the molecule is CCNc1cc(NCC(C)(C)CO)ncn1. The second kappa shape index (κ2) is 5.65. The minimum Gasteiger partial charge on any atom is -0.396 e. The van der Waals surface area contributed by atoms with Crippen LogP contribution >= 0.6 is 0 Å². The summed E-state index contributed by atoms with van der Waals surface area (Å²) in [5.41, 5.74) is -0.150. The Morgan fingerprint density at radius 2 is 1.88 bits per heavy atom. The first-order valence-electron chi connectivity index (χ1n) is 5.48. The lowest BCUT2D eigenvalue weighted by atomic mass is 9.95. The number of aromatic nitrogens is 2. The summed E-state index contributed by atoms with van der Waals surface area (Å²) in [5, 5.41) is 15.4. The van der Waals surface area contributed by atoms with Crippen LogP contribution in [-0.4, -0.2) is 34.8 Å². The Bertz CT molecular complexity index is 328. The molecule has 0 aromatic carbocycles. The third-order valence-electron chi connectivity index (χ3n) is 2.20. The zero-order valence-electron chi connectivity index (χ0n) is 10.1. The van der Waals surface area contributed by atoms with E-state index >= 15 is 0 Å². The number of aliphatic hydroxyl groups excluding tert-OH is 1. The van der Waals surface area contributed by atoms with Crippen LogP contribution < -0.4 is 10.6 Å². The summed E-state index contributed by atoms with van der Waals surface area (Å²) in [6.07, 6.45) is 1.52. The van der Waals surface area contributed by atoms with Gasteiger partial charge in [0, 0.05) is 31.2 Å². The first-order valence-corrected chi connectivity index (χ1v) is 5.48. The van der Waals surface area contributed by atoms with Crippen molar-refractivity contribution < 1.29 is 5.11 Å². The van der Waals surface area contributed by atoms with Crippen LogP contribution in [0.3, 0.4) is 0 Å². The quantitative estimate of drug-likeness (QED) is 0.680. The van der Waals surface area contributed by atoms with E-state index in [-0.39, 0.29) is 12.0 Å². The van der Waals surface area contributed by atoms with Crippen molar-refractivity contribution in [3.8, 4) is 0 Å². The van der Waals surface area contributed by atoms with E-state index in [0.717, 1.165) is 18.2 Å². The normalized spacial score (nSPS) is 11.2. The molecule has 5 heteroatoms. The minimum absolute atomic E-state index is 0.144. The van der Waals surface area contributed by atoms with Gasteiger partial charge in [-0.15, -0.1) is 0 Å². The highest BCUT2D eigenvalue weighted by Crippen LogP contribution is 2.15. The monoisotopic (exact) mass is 224 g/mol. The van der Waals surface area contributed by atoms with Crippen LogP contribution in [0.15, 0.2) is 12.4 Å². The van der Waals surface area contributed by atoms with Gasteiger partial charge in [-0.3, -0.25) is 0 Å². The molecule has 0 spiro atoms. The Balaban J connectivity index is 2.57. The average Bonchev–Trinajstić information content (AvgIpc) is 2.28. The van der Waals surface area contributed by atoms with Gasteiger partial charge in [0.2, 0.25) is 0 Å². The second-order valence-corrected chi connectivity index (χ2v) is 4.49. The Hall–Kier alpha value is -1.36. The Labute approximate surface area is 96.3 Å². The molecule has 0 atom stereocenters. The highest BCUT2D eigenvalue weighted by Gasteiger charge is 2.16. The van der Waals surface area contributed by atoms with Crippen molar-refractivity contribution in [1.29, 1.82) is 0 Å². The molecule has 1 rings (SSSR count). The molecule has 1 heterocycles. The van der Waals surface area contributed by atoms with Gasteiger partial charge in [-0.1, -0.05) is 13.8 Å². The van der Waals surface area contributed by atoms with Crippen LogP contribution in [0.1, 0.15) is 20.8 Å². The van der Waals surface area contributed by atoms with Crippen molar-refractivity contribution in [2.75, 3.05) is 30.3 Å².